The molecule has 0 bridgehead atoms. The summed E-state index contributed by atoms with van der Waals surface area (Å²) < 4.78 is 25.8. The Morgan fingerprint density at radius 2 is 1.80 bits per heavy atom. The number of anilines is 1. The number of carboxylic acid groups (broad SMARTS) is 1. The SMILES string of the molecule is O=C(Nc1cc(F)ccc1C(=O)O)c1ccc(F)cn1. The van der Waals surface area contributed by atoms with Crippen molar-refractivity contribution in [2.45, 2.75) is 0 Å². The van der Waals surface area contributed by atoms with E-state index in [9.17, 15) is 18.4 Å². The molecule has 0 unspecified atom stereocenters. The number of hydrogen-bond acceptors (Lipinski definition) is 3. The van der Waals surface area contributed by atoms with Crippen molar-refractivity contribution in [3.63, 3.8) is 0 Å². The Hall–Kier alpha value is -2.83. The number of rotatable bonds is 3. The van der Waals surface area contributed by atoms with Crippen LogP contribution in [0, 0.1) is 11.6 Å². The lowest BCUT2D eigenvalue weighted by Gasteiger charge is -2.08. The molecular formula is C13H8F2N2O3. The van der Waals surface area contributed by atoms with Crippen molar-refractivity contribution in [2.24, 2.45) is 0 Å². The number of carboxylic acids is 1. The number of nitrogens with one attached hydrogen (secondary N) is 1. The molecule has 0 aliphatic rings. The standard InChI is InChI=1S/C13H8F2N2O3/c14-7-1-3-9(13(19)20)11(5-7)17-12(18)10-4-2-8(15)6-16-10/h1-6H,(H,17,18)(H,19,20). The summed E-state index contributed by atoms with van der Waals surface area (Å²) in [6, 6.07) is 5.04. The number of nitrogens with zero attached hydrogens (tertiary/aromatic N) is 1. The van der Waals surface area contributed by atoms with Crippen LogP contribution in [0.2, 0.25) is 0 Å². The zero-order valence-corrected chi connectivity index (χ0v) is 9.93. The van der Waals surface area contributed by atoms with Gasteiger partial charge in [-0.2, -0.15) is 0 Å². The summed E-state index contributed by atoms with van der Waals surface area (Å²) in [6.45, 7) is 0. The Morgan fingerprint density at radius 3 is 2.40 bits per heavy atom. The first kappa shape index (κ1) is 13.6. The van der Waals surface area contributed by atoms with E-state index in [2.05, 4.69) is 10.3 Å². The first-order valence-electron chi connectivity index (χ1n) is 5.43. The predicted molar refractivity (Wildman–Crippen MR) is 65.5 cm³/mol. The number of pyridine rings is 1. The fourth-order valence-electron chi connectivity index (χ4n) is 1.50. The van der Waals surface area contributed by atoms with Crippen LogP contribution in [0.3, 0.4) is 0 Å². The number of carbonyl (C=O) groups is 2. The van der Waals surface area contributed by atoms with E-state index in [-0.39, 0.29) is 16.9 Å². The molecule has 0 radical (unpaired) electrons. The van der Waals surface area contributed by atoms with Crippen LogP contribution in [0.1, 0.15) is 20.8 Å². The normalized spacial score (nSPS) is 10.1. The topological polar surface area (TPSA) is 79.3 Å². The number of carbonyl (C=O) groups excluding carboxylic acids is 1. The second-order valence-electron chi connectivity index (χ2n) is 3.81. The average molecular weight is 278 g/mol. The maximum atomic E-state index is 13.1. The molecule has 0 saturated heterocycles. The van der Waals surface area contributed by atoms with Gasteiger partial charge in [0.2, 0.25) is 0 Å². The molecule has 5 nitrogen and oxygen atoms in total. The van der Waals surface area contributed by atoms with Crippen LogP contribution in [0.5, 0.6) is 0 Å². The third-order valence-corrected chi connectivity index (χ3v) is 2.42. The summed E-state index contributed by atoms with van der Waals surface area (Å²) in [5.41, 5.74) is -0.581. The summed E-state index contributed by atoms with van der Waals surface area (Å²) in [6.07, 6.45) is 0.846. The lowest BCUT2D eigenvalue weighted by Crippen LogP contribution is -2.16. The molecule has 1 aromatic heterocycles. The number of benzene rings is 1. The molecule has 2 aromatic rings. The van der Waals surface area contributed by atoms with Crippen LogP contribution in [-0.4, -0.2) is 22.0 Å². The van der Waals surface area contributed by atoms with Crippen LogP contribution in [0.4, 0.5) is 14.5 Å². The van der Waals surface area contributed by atoms with Gasteiger partial charge < -0.3 is 10.4 Å². The Balaban J connectivity index is 2.29. The van der Waals surface area contributed by atoms with Gasteiger partial charge in [0.1, 0.15) is 17.3 Å². The summed E-state index contributed by atoms with van der Waals surface area (Å²) in [7, 11) is 0. The highest BCUT2D eigenvalue weighted by atomic mass is 19.1. The molecule has 0 atom stereocenters. The molecule has 2 N–H and O–H groups in total. The summed E-state index contributed by atoms with van der Waals surface area (Å²) in [5, 5.41) is 11.2. The Kier molecular flexibility index (Phi) is 3.69. The minimum Gasteiger partial charge on any atom is -0.478 e. The molecule has 0 aliphatic carbocycles. The molecule has 2 rings (SSSR count). The van der Waals surface area contributed by atoms with Crippen molar-refractivity contribution in [1.82, 2.24) is 4.98 Å². The van der Waals surface area contributed by atoms with Crippen molar-refractivity contribution in [3.05, 3.63) is 59.4 Å². The molecule has 1 amide bonds. The predicted octanol–water partition coefficient (Wildman–Crippen LogP) is 2.31. The van der Waals surface area contributed by atoms with Gasteiger partial charge >= 0.3 is 5.97 Å². The second kappa shape index (κ2) is 5.43. The number of amides is 1. The number of halogens is 2. The highest BCUT2D eigenvalue weighted by Crippen LogP contribution is 2.18. The van der Waals surface area contributed by atoms with Crippen molar-refractivity contribution in [2.75, 3.05) is 5.32 Å². The number of aromatic carboxylic acids is 1. The van der Waals surface area contributed by atoms with Gasteiger partial charge in [0.25, 0.3) is 5.91 Å². The van der Waals surface area contributed by atoms with E-state index in [1.165, 1.54) is 0 Å². The lowest BCUT2D eigenvalue weighted by molar-refractivity contribution is 0.0698. The zero-order chi connectivity index (χ0) is 14.7. The monoisotopic (exact) mass is 278 g/mol. The molecule has 102 valence electrons. The minimum atomic E-state index is -1.31. The van der Waals surface area contributed by atoms with Crippen molar-refractivity contribution in [1.29, 1.82) is 0 Å². The fraction of sp³-hybridized carbons (Fsp3) is 0. The largest absolute Gasteiger partial charge is 0.478 e. The summed E-state index contributed by atoms with van der Waals surface area (Å²) in [4.78, 5) is 26.3. The highest BCUT2D eigenvalue weighted by Gasteiger charge is 2.15. The number of aromatic nitrogens is 1. The van der Waals surface area contributed by atoms with Crippen LogP contribution in [0.15, 0.2) is 36.5 Å². The quantitative estimate of drug-likeness (QED) is 0.903. The Labute approximate surface area is 111 Å². The molecule has 0 aliphatic heterocycles. The summed E-state index contributed by atoms with van der Waals surface area (Å²) >= 11 is 0. The van der Waals surface area contributed by atoms with Crippen LogP contribution in [-0.2, 0) is 0 Å². The molecule has 1 aromatic carbocycles. The van der Waals surface area contributed by atoms with E-state index in [1.807, 2.05) is 0 Å². The van der Waals surface area contributed by atoms with Gasteiger partial charge in [0.05, 0.1) is 17.4 Å². The molecule has 0 fully saturated rings. The molecule has 20 heavy (non-hydrogen) atoms. The van der Waals surface area contributed by atoms with Gasteiger partial charge in [-0.1, -0.05) is 0 Å². The number of hydrogen-bond donors (Lipinski definition) is 2. The third kappa shape index (κ3) is 2.94. The van der Waals surface area contributed by atoms with Gasteiger partial charge in [0.15, 0.2) is 0 Å². The van der Waals surface area contributed by atoms with E-state index in [0.29, 0.717) is 0 Å². The van der Waals surface area contributed by atoms with Crippen molar-refractivity contribution >= 4 is 17.6 Å². The van der Waals surface area contributed by atoms with E-state index in [4.69, 9.17) is 5.11 Å². The smallest absolute Gasteiger partial charge is 0.337 e. The molecule has 0 spiro atoms. The fourth-order valence-corrected chi connectivity index (χ4v) is 1.50. The minimum absolute atomic E-state index is 0.119. The molecule has 7 heteroatoms. The van der Waals surface area contributed by atoms with Crippen LogP contribution >= 0.6 is 0 Å². The highest BCUT2D eigenvalue weighted by molar-refractivity contribution is 6.06. The van der Waals surface area contributed by atoms with E-state index < -0.39 is 23.5 Å². The molecule has 1 heterocycles. The van der Waals surface area contributed by atoms with Gasteiger partial charge in [-0.25, -0.2) is 18.6 Å². The summed E-state index contributed by atoms with van der Waals surface area (Å²) in [5.74, 6) is -3.39. The lowest BCUT2D eigenvalue weighted by atomic mass is 10.1. The maximum Gasteiger partial charge on any atom is 0.337 e. The Bertz CT molecular complexity index is 672. The van der Waals surface area contributed by atoms with E-state index >= 15 is 0 Å². The molecule has 0 saturated carbocycles. The average Bonchev–Trinajstić information content (AvgIpc) is 2.39. The van der Waals surface area contributed by atoms with Crippen molar-refractivity contribution < 1.29 is 23.5 Å². The van der Waals surface area contributed by atoms with Crippen molar-refractivity contribution in [3.8, 4) is 0 Å². The van der Waals surface area contributed by atoms with Gasteiger partial charge in [-0.15, -0.1) is 0 Å². The second-order valence-corrected chi connectivity index (χ2v) is 3.81. The third-order valence-electron chi connectivity index (χ3n) is 2.42. The van der Waals surface area contributed by atoms with Gasteiger partial charge in [-0.05, 0) is 30.3 Å². The van der Waals surface area contributed by atoms with Gasteiger partial charge in [0, 0.05) is 0 Å². The van der Waals surface area contributed by atoms with Crippen LogP contribution in [0.25, 0.3) is 0 Å². The first-order valence-corrected chi connectivity index (χ1v) is 5.43. The first-order chi connectivity index (χ1) is 9.47. The van der Waals surface area contributed by atoms with Gasteiger partial charge in [-0.3, -0.25) is 4.79 Å². The van der Waals surface area contributed by atoms with Crippen LogP contribution < -0.4 is 5.32 Å². The van der Waals surface area contributed by atoms with E-state index in [0.717, 1.165) is 36.5 Å². The maximum absolute atomic E-state index is 13.1. The Morgan fingerprint density at radius 1 is 1.10 bits per heavy atom. The van der Waals surface area contributed by atoms with E-state index in [1.54, 1.807) is 0 Å². The zero-order valence-electron chi connectivity index (χ0n) is 9.93. The molecular weight excluding hydrogens is 270 g/mol.